The van der Waals surface area contributed by atoms with Crippen LogP contribution in [0.5, 0.6) is 5.75 Å². The van der Waals surface area contributed by atoms with E-state index in [1.165, 1.54) is 0 Å². The van der Waals surface area contributed by atoms with Crippen molar-refractivity contribution in [3.63, 3.8) is 0 Å². The Bertz CT molecular complexity index is 590. The van der Waals surface area contributed by atoms with Crippen LogP contribution in [0.4, 0.5) is 0 Å². The highest BCUT2D eigenvalue weighted by Gasteiger charge is 2.23. The van der Waals surface area contributed by atoms with E-state index >= 15 is 0 Å². The highest BCUT2D eigenvalue weighted by atomic mass is 32.2. The van der Waals surface area contributed by atoms with E-state index in [-0.39, 0.29) is 11.7 Å². The lowest BCUT2D eigenvalue weighted by molar-refractivity contribution is 0.0791. The molecule has 6 heteroatoms. The number of aryl methyl sites for hydroxylation is 1. The SMILES string of the molecule is CC.Cc1ccc(C(=O)N2CCCC2)c(OS(C)(=O)=O)c1. The van der Waals surface area contributed by atoms with Crippen LogP contribution >= 0.6 is 0 Å². The minimum Gasteiger partial charge on any atom is -0.382 e. The van der Waals surface area contributed by atoms with Gasteiger partial charge in [0.15, 0.2) is 5.75 Å². The zero-order valence-corrected chi connectivity index (χ0v) is 13.9. The van der Waals surface area contributed by atoms with Crippen molar-refractivity contribution < 1.29 is 17.4 Å². The second kappa shape index (κ2) is 7.45. The summed E-state index contributed by atoms with van der Waals surface area (Å²) in [4.78, 5) is 14.0. The molecule has 0 saturated carbocycles. The lowest BCUT2D eigenvalue weighted by Crippen LogP contribution is -2.28. The monoisotopic (exact) mass is 313 g/mol. The molecule has 1 fully saturated rings. The summed E-state index contributed by atoms with van der Waals surface area (Å²) in [5.74, 6) is -0.0597. The molecular formula is C15H23NO4S. The first kappa shape index (κ1) is 17.5. The minimum atomic E-state index is -3.64. The van der Waals surface area contributed by atoms with Crippen molar-refractivity contribution in [3.05, 3.63) is 29.3 Å². The lowest BCUT2D eigenvalue weighted by Gasteiger charge is -2.17. The maximum absolute atomic E-state index is 12.3. The molecule has 0 bridgehead atoms. The first-order valence-corrected chi connectivity index (χ1v) is 8.98. The molecule has 1 amide bonds. The normalized spacial score (nSPS) is 14.4. The third-order valence-electron chi connectivity index (χ3n) is 3.00. The van der Waals surface area contributed by atoms with Crippen LogP contribution in [0, 0.1) is 6.92 Å². The summed E-state index contributed by atoms with van der Waals surface area (Å²) < 4.78 is 27.4. The highest BCUT2D eigenvalue weighted by Crippen LogP contribution is 2.24. The number of carbonyl (C=O) groups is 1. The van der Waals surface area contributed by atoms with Gasteiger partial charge in [-0.3, -0.25) is 4.79 Å². The fourth-order valence-electron chi connectivity index (χ4n) is 2.13. The van der Waals surface area contributed by atoms with Gasteiger partial charge in [-0.25, -0.2) is 0 Å². The van der Waals surface area contributed by atoms with Crippen molar-refractivity contribution in [1.82, 2.24) is 4.90 Å². The molecule has 0 aromatic heterocycles. The van der Waals surface area contributed by atoms with E-state index in [1.54, 1.807) is 23.1 Å². The number of likely N-dealkylation sites (tertiary alicyclic amines) is 1. The van der Waals surface area contributed by atoms with Crippen LogP contribution < -0.4 is 4.18 Å². The first-order chi connectivity index (χ1) is 9.87. The number of rotatable bonds is 3. The zero-order chi connectivity index (χ0) is 16.0. The van der Waals surface area contributed by atoms with Gasteiger partial charge >= 0.3 is 10.1 Å². The van der Waals surface area contributed by atoms with Crippen LogP contribution in [0.1, 0.15) is 42.6 Å². The Hall–Kier alpha value is -1.56. The summed E-state index contributed by atoms with van der Waals surface area (Å²) in [7, 11) is -3.64. The van der Waals surface area contributed by atoms with Gasteiger partial charge in [-0.05, 0) is 37.5 Å². The van der Waals surface area contributed by atoms with Crippen molar-refractivity contribution >= 4 is 16.0 Å². The quantitative estimate of drug-likeness (QED) is 0.805. The number of nitrogens with zero attached hydrogens (tertiary/aromatic N) is 1. The Labute approximate surface area is 127 Å². The molecule has 5 nitrogen and oxygen atoms in total. The van der Waals surface area contributed by atoms with Crippen molar-refractivity contribution in [2.45, 2.75) is 33.6 Å². The standard InChI is InChI=1S/C13H17NO4S.C2H6/c1-10-5-6-11(12(9-10)18-19(2,16)17)13(15)14-7-3-4-8-14;1-2/h5-6,9H,3-4,7-8H2,1-2H3;1-2H3. The van der Waals surface area contributed by atoms with E-state index in [2.05, 4.69) is 0 Å². The minimum absolute atomic E-state index is 0.111. The smallest absolute Gasteiger partial charge is 0.306 e. The number of hydrogen-bond acceptors (Lipinski definition) is 4. The molecule has 2 rings (SSSR count). The van der Waals surface area contributed by atoms with Gasteiger partial charge in [0, 0.05) is 13.1 Å². The van der Waals surface area contributed by atoms with Gasteiger partial charge in [0.05, 0.1) is 11.8 Å². The van der Waals surface area contributed by atoms with E-state index in [0.717, 1.165) is 24.7 Å². The van der Waals surface area contributed by atoms with Gasteiger partial charge in [-0.15, -0.1) is 0 Å². The van der Waals surface area contributed by atoms with Gasteiger partial charge in [-0.2, -0.15) is 8.42 Å². The second-order valence-corrected chi connectivity index (χ2v) is 6.36. The molecule has 0 aliphatic carbocycles. The fourth-order valence-corrected chi connectivity index (χ4v) is 2.59. The van der Waals surface area contributed by atoms with Crippen molar-refractivity contribution in [3.8, 4) is 5.75 Å². The number of carbonyl (C=O) groups excluding carboxylic acids is 1. The molecular weight excluding hydrogens is 290 g/mol. The molecule has 1 aromatic carbocycles. The molecule has 0 atom stereocenters. The molecule has 0 N–H and O–H groups in total. The third kappa shape index (κ3) is 5.04. The Morgan fingerprint density at radius 1 is 1.19 bits per heavy atom. The van der Waals surface area contributed by atoms with Crippen LogP contribution in [-0.2, 0) is 10.1 Å². The number of hydrogen-bond donors (Lipinski definition) is 0. The predicted octanol–water partition coefficient (Wildman–Crippen LogP) is 2.60. The summed E-state index contributed by atoms with van der Waals surface area (Å²) in [5, 5.41) is 0. The van der Waals surface area contributed by atoms with Gasteiger partial charge in [0.25, 0.3) is 5.91 Å². The third-order valence-corrected chi connectivity index (χ3v) is 3.48. The Balaban J connectivity index is 0.00000106. The molecule has 0 spiro atoms. The van der Waals surface area contributed by atoms with Crippen LogP contribution in [-0.4, -0.2) is 38.6 Å². The van der Waals surface area contributed by atoms with Crippen LogP contribution in [0.15, 0.2) is 18.2 Å². The molecule has 0 radical (unpaired) electrons. The summed E-state index contributed by atoms with van der Waals surface area (Å²) in [6.07, 6.45) is 2.94. The Morgan fingerprint density at radius 2 is 1.76 bits per heavy atom. The van der Waals surface area contributed by atoms with Gasteiger partial charge in [0.2, 0.25) is 0 Å². The summed E-state index contributed by atoms with van der Waals surface area (Å²) >= 11 is 0. The van der Waals surface area contributed by atoms with Gasteiger partial charge < -0.3 is 9.08 Å². The largest absolute Gasteiger partial charge is 0.382 e. The van der Waals surface area contributed by atoms with Crippen molar-refractivity contribution in [2.75, 3.05) is 19.3 Å². The summed E-state index contributed by atoms with van der Waals surface area (Å²) in [6, 6.07) is 4.97. The first-order valence-electron chi connectivity index (χ1n) is 7.16. The lowest BCUT2D eigenvalue weighted by atomic mass is 10.1. The fraction of sp³-hybridized carbons (Fsp3) is 0.533. The van der Waals surface area contributed by atoms with Crippen LogP contribution in [0.3, 0.4) is 0 Å². The van der Waals surface area contributed by atoms with Crippen LogP contribution in [0.2, 0.25) is 0 Å². The molecule has 1 heterocycles. The maximum Gasteiger partial charge on any atom is 0.306 e. The Morgan fingerprint density at radius 3 is 2.29 bits per heavy atom. The van der Waals surface area contributed by atoms with Crippen molar-refractivity contribution in [1.29, 1.82) is 0 Å². The van der Waals surface area contributed by atoms with E-state index < -0.39 is 10.1 Å². The van der Waals surface area contributed by atoms with E-state index in [9.17, 15) is 13.2 Å². The molecule has 21 heavy (non-hydrogen) atoms. The van der Waals surface area contributed by atoms with Gasteiger partial charge in [-0.1, -0.05) is 19.9 Å². The number of amides is 1. The Kier molecular flexibility index (Phi) is 6.20. The predicted molar refractivity (Wildman–Crippen MR) is 83.1 cm³/mol. The molecule has 118 valence electrons. The zero-order valence-electron chi connectivity index (χ0n) is 13.0. The average Bonchev–Trinajstić information content (AvgIpc) is 2.92. The average molecular weight is 313 g/mol. The van der Waals surface area contributed by atoms with Crippen molar-refractivity contribution in [2.24, 2.45) is 0 Å². The topological polar surface area (TPSA) is 63.7 Å². The maximum atomic E-state index is 12.3. The second-order valence-electron chi connectivity index (χ2n) is 4.79. The van der Waals surface area contributed by atoms with E-state index in [0.29, 0.717) is 18.7 Å². The van der Waals surface area contributed by atoms with Gasteiger partial charge in [0.1, 0.15) is 0 Å². The molecule has 1 saturated heterocycles. The molecule has 0 unspecified atom stereocenters. The molecule has 1 aliphatic rings. The molecule has 1 aromatic rings. The highest BCUT2D eigenvalue weighted by molar-refractivity contribution is 7.86. The summed E-state index contributed by atoms with van der Waals surface area (Å²) in [5.41, 5.74) is 1.15. The summed E-state index contributed by atoms with van der Waals surface area (Å²) in [6.45, 7) is 7.25. The van der Waals surface area contributed by atoms with E-state index in [1.807, 2.05) is 20.8 Å². The molecule has 1 aliphatic heterocycles. The van der Waals surface area contributed by atoms with E-state index in [4.69, 9.17) is 4.18 Å². The number of benzene rings is 1. The van der Waals surface area contributed by atoms with Crippen LogP contribution in [0.25, 0.3) is 0 Å².